The van der Waals surface area contributed by atoms with Gasteiger partial charge in [-0.25, -0.2) is 19.9 Å². The van der Waals surface area contributed by atoms with Crippen LogP contribution in [0.15, 0.2) is 42.9 Å². The first-order valence-corrected chi connectivity index (χ1v) is 10.2. The summed E-state index contributed by atoms with van der Waals surface area (Å²) < 4.78 is 79.7. The van der Waals surface area contributed by atoms with E-state index in [0.29, 0.717) is 6.20 Å². The Morgan fingerprint density at radius 2 is 1.72 bits per heavy atom. The number of aromatic nitrogens is 6. The van der Waals surface area contributed by atoms with Crippen molar-refractivity contribution in [3.63, 3.8) is 0 Å². The lowest BCUT2D eigenvalue weighted by Gasteiger charge is -2.19. The van der Waals surface area contributed by atoms with Crippen LogP contribution >= 0.6 is 0 Å². The van der Waals surface area contributed by atoms with Crippen LogP contribution < -0.4 is 10.2 Å². The van der Waals surface area contributed by atoms with Gasteiger partial charge >= 0.3 is 12.4 Å². The Labute approximate surface area is 198 Å². The van der Waals surface area contributed by atoms with Gasteiger partial charge in [0.05, 0.1) is 29.6 Å². The number of aliphatic hydroxyl groups is 1. The predicted octanol–water partition coefficient (Wildman–Crippen LogP) is 4.09. The number of pyridine rings is 2. The summed E-state index contributed by atoms with van der Waals surface area (Å²) in [5.74, 6) is -0.0169. The van der Waals surface area contributed by atoms with E-state index in [-0.39, 0.29) is 47.3 Å². The van der Waals surface area contributed by atoms with Gasteiger partial charge in [-0.05, 0) is 24.3 Å². The van der Waals surface area contributed by atoms with E-state index in [1.807, 2.05) is 0 Å². The molecular weight excluding hydrogens is 494 g/mol. The van der Waals surface area contributed by atoms with Crippen LogP contribution in [-0.2, 0) is 12.4 Å². The number of halogens is 6. The van der Waals surface area contributed by atoms with E-state index >= 15 is 0 Å². The van der Waals surface area contributed by atoms with Crippen LogP contribution in [0.25, 0.3) is 22.6 Å². The zero-order chi connectivity index (χ0) is 26.1. The zero-order valence-corrected chi connectivity index (χ0v) is 18.3. The number of nitrogens with one attached hydrogen (secondary N) is 1. The average Bonchev–Trinajstić information content (AvgIpc) is 2.83. The minimum Gasteiger partial charge on any atom is -0.395 e. The van der Waals surface area contributed by atoms with Gasteiger partial charge in [0.15, 0.2) is 11.5 Å². The molecule has 4 aromatic heterocycles. The highest BCUT2D eigenvalue weighted by molar-refractivity contribution is 5.87. The van der Waals surface area contributed by atoms with Gasteiger partial charge in [0.2, 0.25) is 0 Å². The highest BCUT2D eigenvalue weighted by Crippen LogP contribution is 2.37. The fourth-order valence-corrected chi connectivity index (χ4v) is 3.15. The number of alkyl halides is 6. The molecule has 4 heterocycles. The third kappa shape index (κ3) is 5.25. The number of hydrogen-bond donors (Lipinski definition) is 2. The van der Waals surface area contributed by atoms with Crippen molar-refractivity contribution in [2.45, 2.75) is 12.4 Å². The first kappa shape index (κ1) is 25.0. The molecule has 0 amide bonds. The van der Waals surface area contributed by atoms with Crippen molar-refractivity contribution in [3.8, 4) is 11.4 Å². The second-order valence-corrected chi connectivity index (χ2v) is 7.45. The van der Waals surface area contributed by atoms with Gasteiger partial charge in [0, 0.05) is 26.0 Å². The Kier molecular flexibility index (Phi) is 6.58. The first-order valence-electron chi connectivity index (χ1n) is 10.2. The van der Waals surface area contributed by atoms with Crippen molar-refractivity contribution in [2.75, 3.05) is 30.4 Å². The molecule has 0 saturated carbocycles. The summed E-state index contributed by atoms with van der Waals surface area (Å²) in [5, 5.41) is 19.3. The average molecular weight is 510 g/mol. The molecule has 0 bridgehead atoms. The molecular formula is C21H16F6N8O. The molecule has 0 atom stereocenters. The molecule has 9 nitrogen and oxygen atoms in total. The summed E-state index contributed by atoms with van der Waals surface area (Å²) in [6.45, 7) is -0.240. The number of aliphatic hydroxyl groups excluding tert-OH is 1. The van der Waals surface area contributed by atoms with Gasteiger partial charge < -0.3 is 15.3 Å². The summed E-state index contributed by atoms with van der Waals surface area (Å²) in [5.41, 5.74) is -2.46. The third-order valence-corrected chi connectivity index (χ3v) is 4.96. The standard InChI is InChI=1S/C21H16F6N8O/c1-35(6-7-36)16-8-12(21(25,26)27)17(34-33-16)14-10-30-18-13(4-5-28-19(18)32-14)31-15-3-2-11(9-29-15)20(22,23)24/h2-5,8-10,36H,6-7H2,1H3,(H,28,29,31,32). The van der Waals surface area contributed by atoms with Crippen LogP contribution in [0.5, 0.6) is 0 Å². The van der Waals surface area contributed by atoms with Gasteiger partial charge in [-0.3, -0.25) is 0 Å². The summed E-state index contributed by atoms with van der Waals surface area (Å²) in [6.07, 6.45) is -6.31. The zero-order valence-electron chi connectivity index (χ0n) is 18.3. The molecule has 4 rings (SSSR count). The normalized spacial score (nSPS) is 12.1. The topological polar surface area (TPSA) is 113 Å². The molecule has 188 valence electrons. The van der Waals surface area contributed by atoms with Crippen molar-refractivity contribution in [2.24, 2.45) is 0 Å². The van der Waals surface area contributed by atoms with Gasteiger partial charge in [-0.15, -0.1) is 10.2 Å². The molecule has 0 fully saturated rings. The van der Waals surface area contributed by atoms with Crippen LogP contribution in [-0.4, -0.2) is 55.4 Å². The monoisotopic (exact) mass is 510 g/mol. The number of rotatable bonds is 6. The number of nitrogens with zero attached hydrogens (tertiary/aromatic N) is 7. The molecule has 36 heavy (non-hydrogen) atoms. The fraction of sp³-hybridized carbons (Fsp3) is 0.238. The van der Waals surface area contributed by atoms with Crippen LogP contribution in [0.2, 0.25) is 0 Å². The minimum atomic E-state index is -4.79. The molecule has 0 radical (unpaired) electrons. The van der Waals surface area contributed by atoms with E-state index in [2.05, 4.69) is 35.5 Å². The fourth-order valence-electron chi connectivity index (χ4n) is 3.15. The van der Waals surface area contributed by atoms with Crippen molar-refractivity contribution < 1.29 is 31.4 Å². The largest absolute Gasteiger partial charge is 0.418 e. The number of hydrogen-bond acceptors (Lipinski definition) is 9. The minimum absolute atomic E-state index is 0.0409. The highest BCUT2D eigenvalue weighted by Gasteiger charge is 2.36. The lowest BCUT2D eigenvalue weighted by Crippen LogP contribution is -2.23. The molecule has 0 unspecified atom stereocenters. The van der Waals surface area contributed by atoms with E-state index in [1.165, 1.54) is 24.2 Å². The molecule has 0 aliphatic carbocycles. The maximum Gasteiger partial charge on any atom is 0.418 e. The molecule has 2 N–H and O–H groups in total. The first-order chi connectivity index (χ1) is 17.0. The van der Waals surface area contributed by atoms with Gasteiger partial charge in [0.25, 0.3) is 0 Å². The predicted molar refractivity (Wildman–Crippen MR) is 116 cm³/mol. The quantitative estimate of drug-likeness (QED) is 0.371. The van der Waals surface area contributed by atoms with Crippen LogP contribution in [0, 0.1) is 0 Å². The summed E-state index contributed by atoms with van der Waals surface area (Å²) >= 11 is 0. The molecule has 0 saturated heterocycles. The summed E-state index contributed by atoms with van der Waals surface area (Å²) in [7, 11) is 1.46. The summed E-state index contributed by atoms with van der Waals surface area (Å²) in [6, 6.07) is 4.23. The second kappa shape index (κ2) is 9.49. The van der Waals surface area contributed by atoms with E-state index in [0.717, 1.165) is 24.4 Å². The van der Waals surface area contributed by atoms with Gasteiger partial charge in [-0.1, -0.05) is 0 Å². The Balaban J connectivity index is 1.70. The van der Waals surface area contributed by atoms with Crippen molar-refractivity contribution >= 4 is 28.5 Å². The highest BCUT2D eigenvalue weighted by atomic mass is 19.4. The molecule has 0 aliphatic heterocycles. The molecule has 0 aromatic carbocycles. The van der Waals surface area contributed by atoms with E-state index in [1.54, 1.807) is 0 Å². The van der Waals surface area contributed by atoms with E-state index in [9.17, 15) is 26.3 Å². The van der Waals surface area contributed by atoms with Crippen molar-refractivity contribution in [1.29, 1.82) is 0 Å². The number of likely N-dealkylation sites (N-methyl/N-ethyl adjacent to an activating group) is 1. The van der Waals surface area contributed by atoms with Crippen LogP contribution in [0.4, 0.5) is 43.7 Å². The second-order valence-electron chi connectivity index (χ2n) is 7.45. The lowest BCUT2D eigenvalue weighted by atomic mass is 10.1. The Morgan fingerprint density at radius 3 is 2.36 bits per heavy atom. The smallest absolute Gasteiger partial charge is 0.395 e. The molecule has 4 aromatic rings. The van der Waals surface area contributed by atoms with Crippen LogP contribution in [0.3, 0.4) is 0 Å². The Hall–Kier alpha value is -4.14. The lowest BCUT2D eigenvalue weighted by molar-refractivity contribution is -0.138. The summed E-state index contributed by atoms with van der Waals surface area (Å²) in [4.78, 5) is 17.4. The molecule has 15 heteroatoms. The van der Waals surface area contributed by atoms with E-state index < -0.39 is 29.2 Å². The number of fused-ring (bicyclic) bond motifs is 1. The SMILES string of the molecule is CN(CCO)c1cc(C(F)(F)F)c(-c2cnc3c(Nc4ccc(C(F)(F)F)cn4)ccnc3n2)nn1. The molecule has 0 aliphatic rings. The maximum atomic E-state index is 13.8. The molecule has 0 spiro atoms. The maximum absolute atomic E-state index is 13.8. The van der Waals surface area contributed by atoms with E-state index in [4.69, 9.17) is 5.11 Å². The Morgan fingerprint density at radius 1 is 0.944 bits per heavy atom. The van der Waals surface area contributed by atoms with Gasteiger partial charge in [0.1, 0.15) is 22.7 Å². The van der Waals surface area contributed by atoms with Crippen molar-refractivity contribution in [3.05, 3.63) is 54.0 Å². The van der Waals surface area contributed by atoms with Crippen LogP contribution in [0.1, 0.15) is 11.1 Å². The van der Waals surface area contributed by atoms with Crippen molar-refractivity contribution in [1.82, 2.24) is 30.1 Å². The van der Waals surface area contributed by atoms with Gasteiger partial charge in [-0.2, -0.15) is 26.3 Å². The Bertz CT molecular complexity index is 1380. The third-order valence-electron chi connectivity index (χ3n) is 4.96. The number of anilines is 3.